The Morgan fingerprint density at radius 3 is 2.51 bits per heavy atom. The van der Waals surface area contributed by atoms with E-state index in [0.717, 1.165) is 28.1 Å². The van der Waals surface area contributed by atoms with Crippen molar-refractivity contribution in [3.05, 3.63) is 101 Å². The molecule has 0 aromatic heterocycles. The number of anilines is 1. The number of aliphatic imine (C=N–C) groups is 1. The first-order valence-corrected chi connectivity index (χ1v) is 12.6. The van der Waals surface area contributed by atoms with Gasteiger partial charge in [-0.3, -0.25) is 9.59 Å². The molecule has 2 aliphatic heterocycles. The largest absolute Gasteiger partial charge is 0.326 e. The van der Waals surface area contributed by atoms with Gasteiger partial charge in [-0.2, -0.15) is 10.1 Å². The Morgan fingerprint density at radius 2 is 1.77 bits per heavy atom. The molecule has 0 saturated heterocycles. The maximum atomic E-state index is 12.8. The first-order valence-electron chi connectivity index (χ1n) is 11.3. The normalized spacial score (nSPS) is 19.5. The summed E-state index contributed by atoms with van der Waals surface area (Å²) in [4.78, 5) is 29.7. The number of carbonyl (C=O) groups excluding carboxylic acids is 2. The van der Waals surface area contributed by atoms with Crippen molar-refractivity contribution >= 4 is 51.7 Å². The number of thioether (sulfide) groups is 1. The average molecular weight is 503 g/mol. The first-order chi connectivity index (χ1) is 17.0. The average Bonchev–Trinajstić information content (AvgIpc) is 3.46. The molecule has 0 saturated carbocycles. The van der Waals surface area contributed by atoms with E-state index in [-0.39, 0.29) is 24.3 Å². The molecule has 6 nitrogen and oxygen atoms in total. The molecule has 2 amide bonds. The zero-order chi connectivity index (χ0) is 24.4. The second kappa shape index (κ2) is 10.1. The van der Waals surface area contributed by atoms with Crippen molar-refractivity contribution < 1.29 is 9.59 Å². The number of benzene rings is 3. The predicted octanol–water partition coefficient (Wildman–Crippen LogP) is 5.83. The van der Waals surface area contributed by atoms with E-state index in [1.54, 1.807) is 0 Å². The van der Waals surface area contributed by atoms with Crippen LogP contribution in [0.15, 0.2) is 89.0 Å². The number of amides is 2. The summed E-state index contributed by atoms with van der Waals surface area (Å²) in [5, 5.41) is 10.2. The number of rotatable bonds is 5. The highest BCUT2D eigenvalue weighted by Crippen LogP contribution is 2.38. The Bertz CT molecular complexity index is 1320. The van der Waals surface area contributed by atoms with Crippen LogP contribution in [0.3, 0.4) is 0 Å². The molecule has 3 aromatic carbocycles. The third-order valence-electron chi connectivity index (χ3n) is 5.99. The van der Waals surface area contributed by atoms with Crippen molar-refractivity contribution in [1.29, 1.82) is 0 Å². The van der Waals surface area contributed by atoms with E-state index < -0.39 is 5.25 Å². The number of hydrogen-bond donors (Lipinski definition) is 1. The van der Waals surface area contributed by atoms with E-state index in [9.17, 15) is 9.59 Å². The molecule has 35 heavy (non-hydrogen) atoms. The highest BCUT2D eigenvalue weighted by atomic mass is 35.5. The Labute approximate surface area is 213 Å². The molecule has 0 fully saturated rings. The van der Waals surface area contributed by atoms with E-state index in [4.69, 9.17) is 16.7 Å². The number of para-hydroxylation sites is 1. The number of nitrogens with zero attached hydrogens (tertiary/aromatic N) is 3. The maximum absolute atomic E-state index is 12.8. The third kappa shape index (κ3) is 5.16. The molecule has 0 spiro atoms. The molecule has 0 aliphatic carbocycles. The quantitative estimate of drug-likeness (QED) is 0.476. The van der Waals surface area contributed by atoms with E-state index >= 15 is 0 Å². The van der Waals surface area contributed by atoms with Gasteiger partial charge in [0.05, 0.1) is 11.8 Å². The minimum absolute atomic E-state index is 0.0412. The van der Waals surface area contributed by atoms with Gasteiger partial charge in [-0.25, -0.2) is 5.01 Å². The maximum Gasteiger partial charge on any atom is 0.262 e. The van der Waals surface area contributed by atoms with Gasteiger partial charge in [0, 0.05) is 23.6 Å². The van der Waals surface area contributed by atoms with Crippen LogP contribution in [0.25, 0.3) is 0 Å². The second-order valence-electron chi connectivity index (χ2n) is 8.44. The lowest BCUT2D eigenvalue weighted by Crippen LogP contribution is -2.25. The summed E-state index contributed by atoms with van der Waals surface area (Å²) in [5.74, 6) is -0.533. The van der Waals surface area contributed by atoms with Gasteiger partial charge >= 0.3 is 0 Å². The lowest BCUT2D eigenvalue weighted by Gasteiger charge is -2.23. The molecule has 0 bridgehead atoms. The van der Waals surface area contributed by atoms with Gasteiger partial charge in [0.25, 0.3) is 5.91 Å². The van der Waals surface area contributed by atoms with Gasteiger partial charge in [0.1, 0.15) is 5.25 Å². The smallest absolute Gasteiger partial charge is 0.262 e. The van der Waals surface area contributed by atoms with Crippen LogP contribution in [0.5, 0.6) is 0 Å². The summed E-state index contributed by atoms with van der Waals surface area (Å²) in [5.41, 5.74) is 4.68. The Hall–Kier alpha value is -3.42. The van der Waals surface area contributed by atoms with E-state index in [1.165, 1.54) is 11.8 Å². The molecule has 2 atom stereocenters. The lowest BCUT2D eigenvalue weighted by atomic mass is 9.99. The van der Waals surface area contributed by atoms with Gasteiger partial charge in [-0.15, -0.1) is 0 Å². The van der Waals surface area contributed by atoms with Crippen LogP contribution in [0.1, 0.15) is 35.6 Å². The van der Waals surface area contributed by atoms with Gasteiger partial charge in [-0.05, 0) is 41.8 Å². The Kier molecular flexibility index (Phi) is 6.70. The SMILES string of the molecule is Cc1ccccc1NC(=O)CC1SC(N2N=C(c3ccccc3)CC2c2ccc(Cl)cc2)=NC1=O. The standard InChI is InChI=1S/C27H23ClN4O2S/c1-17-7-5-6-10-21(17)29-25(33)16-24-26(34)30-27(35-24)32-23(19-11-13-20(28)14-12-19)15-22(31-32)18-8-3-2-4-9-18/h2-14,23-24H,15-16H2,1H3,(H,29,33). The Morgan fingerprint density at radius 1 is 1.06 bits per heavy atom. The molecule has 176 valence electrons. The van der Waals surface area contributed by atoms with Gasteiger partial charge in [-0.1, -0.05) is 84.0 Å². The summed E-state index contributed by atoms with van der Waals surface area (Å²) in [6, 6.07) is 25.0. The number of nitrogens with one attached hydrogen (secondary N) is 1. The number of hydrazone groups is 1. The lowest BCUT2D eigenvalue weighted by molar-refractivity contribution is -0.121. The van der Waals surface area contributed by atoms with Gasteiger partial charge < -0.3 is 5.32 Å². The van der Waals surface area contributed by atoms with Crippen LogP contribution in [0, 0.1) is 6.92 Å². The highest BCUT2D eigenvalue weighted by Gasteiger charge is 2.39. The number of halogens is 1. The molecule has 5 rings (SSSR count). The minimum atomic E-state index is -0.587. The minimum Gasteiger partial charge on any atom is -0.326 e. The number of carbonyl (C=O) groups is 2. The fourth-order valence-corrected chi connectivity index (χ4v) is 5.31. The fourth-order valence-electron chi connectivity index (χ4n) is 4.12. The summed E-state index contributed by atoms with van der Waals surface area (Å²) in [6.45, 7) is 1.93. The second-order valence-corrected chi connectivity index (χ2v) is 10.0. The van der Waals surface area contributed by atoms with Crippen LogP contribution >= 0.6 is 23.4 Å². The van der Waals surface area contributed by atoms with Crippen LogP contribution in [-0.2, 0) is 9.59 Å². The molecule has 2 heterocycles. The number of amidine groups is 1. The summed E-state index contributed by atoms with van der Waals surface area (Å²) in [6.07, 6.45) is 0.706. The molecule has 2 unspecified atom stereocenters. The first kappa shape index (κ1) is 23.3. The summed E-state index contributed by atoms with van der Waals surface area (Å²) in [7, 11) is 0. The van der Waals surface area contributed by atoms with Gasteiger partial charge in [0.2, 0.25) is 5.91 Å². The van der Waals surface area contributed by atoms with Crippen LogP contribution in [0.2, 0.25) is 5.02 Å². The summed E-state index contributed by atoms with van der Waals surface area (Å²) < 4.78 is 0. The van der Waals surface area contributed by atoms with Crippen molar-refractivity contribution in [2.75, 3.05) is 5.32 Å². The molecule has 0 radical (unpaired) electrons. The molecule has 3 aromatic rings. The monoisotopic (exact) mass is 502 g/mol. The summed E-state index contributed by atoms with van der Waals surface area (Å²) >= 11 is 7.40. The molecule has 8 heteroatoms. The van der Waals surface area contributed by atoms with Crippen molar-refractivity contribution in [3.63, 3.8) is 0 Å². The van der Waals surface area contributed by atoms with E-state index in [1.807, 2.05) is 90.8 Å². The van der Waals surface area contributed by atoms with Crippen molar-refractivity contribution in [2.24, 2.45) is 10.1 Å². The van der Waals surface area contributed by atoms with Crippen molar-refractivity contribution in [1.82, 2.24) is 5.01 Å². The van der Waals surface area contributed by atoms with Crippen molar-refractivity contribution in [3.8, 4) is 0 Å². The number of aryl methyl sites for hydroxylation is 1. The van der Waals surface area contributed by atoms with Crippen molar-refractivity contribution in [2.45, 2.75) is 31.1 Å². The number of hydrogen-bond acceptors (Lipinski definition) is 5. The predicted molar refractivity (Wildman–Crippen MR) is 142 cm³/mol. The zero-order valence-corrected chi connectivity index (χ0v) is 20.6. The van der Waals surface area contributed by atoms with Crippen LogP contribution < -0.4 is 5.32 Å². The topological polar surface area (TPSA) is 74.1 Å². The third-order valence-corrected chi connectivity index (χ3v) is 7.38. The van der Waals surface area contributed by atoms with Gasteiger partial charge in [0.15, 0.2) is 5.17 Å². The fraction of sp³-hybridized carbons (Fsp3) is 0.185. The van der Waals surface area contributed by atoms with E-state index in [2.05, 4.69) is 10.3 Å². The van der Waals surface area contributed by atoms with Crippen LogP contribution in [-0.4, -0.2) is 33.0 Å². The van der Waals surface area contributed by atoms with Crippen LogP contribution in [0.4, 0.5) is 5.69 Å². The molecule has 2 aliphatic rings. The van der Waals surface area contributed by atoms with E-state index in [0.29, 0.717) is 16.6 Å². The molecule has 1 N–H and O–H groups in total. The Balaban J connectivity index is 1.35. The zero-order valence-electron chi connectivity index (χ0n) is 19.0. The molecular formula is C27H23ClN4O2S. The highest BCUT2D eigenvalue weighted by molar-refractivity contribution is 8.15. The molecular weight excluding hydrogens is 480 g/mol.